The highest BCUT2D eigenvalue weighted by Gasteiger charge is 2.38. The van der Waals surface area contributed by atoms with Crippen LogP contribution in [0.15, 0.2) is 18.3 Å². The van der Waals surface area contributed by atoms with Crippen molar-refractivity contribution in [1.82, 2.24) is 15.2 Å². The number of benzene rings is 1. The fraction of sp³-hybridized carbons (Fsp3) is 0.235. The molecular formula is C17H14F3N5O2S. The van der Waals surface area contributed by atoms with E-state index in [1.807, 2.05) is 5.10 Å². The summed E-state index contributed by atoms with van der Waals surface area (Å²) >= 11 is 0. The van der Waals surface area contributed by atoms with Crippen LogP contribution in [-0.4, -0.2) is 35.6 Å². The molecule has 3 aromatic rings. The van der Waals surface area contributed by atoms with Crippen LogP contribution in [0.4, 0.5) is 18.9 Å². The second-order valence-electron chi connectivity index (χ2n) is 6.52. The van der Waals surface area contributed by atoms with Crippen molar-refractivity contribution in [3.8, 4) is 11.3 Å². The largest absolute Gasteiger partial charge is 0.433 e. The summed E-state index contributed by atoms with van der Waals surface area (Å²) in [6, 6.07) is 3.07. The Balaban J connectivity index is 2.13. The predicted molar refractivity (Wildman–Crippen MR) is 97.8 cm³/mol. The minimum Gasteiger partial charge on any atom is -0.398 e. The molecule has 3 heterocycles. The molecule has 28 heavy (non-hydrogen) atoms. The number of fused-ring (bicyclic) bond motifs is 3. The number of hydrogen-bond donors (Lipinski definition) is 3. The van der Waals surface area contributed by atoms with E-state index in [2.05, 4.69) is 10.1 Å². The topological polar surface area (TPSA) is 126 Å². The third kappa shape index (κ3) is 2.82. The zero-order chi connectivity index (χ0) is 20.3. The van der Waals surface area contributed by atoms with E-state index in [1.165, 1.54) is 6.07 Å². The number of aromatic amines is 1. The Morgan fingerprint density at radius 2 is 2.00 bits per heavy atom. The molecule has 0 fully saturated rings. The number of alkyl halides is 3. The summed E-state index contributed by atoms with van der Waals surface area (Å²) in [6.07, 6.45) is -2.56. The lowest BCUT2D eigenvalue weighted by atomic mass is 9.93. The Hall–Kier alpha value is -2.95. The summed E-state index contributed by atoms with van der Waals surface area (Å²) in [6.45, 7) is 0. The van der Waals surface area contributed by atoms with Gasteiger partial charge in [-0.3, -0.25) is 5.10 Å². The van der Waals surface area contributed by atoms with E-state index < -0.39 is 27.5 Å². The molecule has 4 rings (SSSR count). The van der Waals surface area contributed by atoms with Crippen LogP contribution in [0, 0.1) is 5.41 Å². The molecule has 0 saturated heterocycles. The molecule has 7 nitrogen and oxygen atoms in total. The SMILES string of the molecule is N=Cc1c(N)ccc2nc(-c3cn[nH]c3C(F)(F)F)c3c(c12)CCS(=O)(=O)C3. The molecular weight excluding hydrogens is 395 g/mol. The number of sulfone groups is 1. The molecule has 1 aliphatic heterocycles. The molecule has 0 bridgehead atoms. The molecule has 146 valence electrons. The standard InChI is InChI=1S/C17H14F3N5O2S/c18-17(19,20)16-10(6-23-25-16)15-11-7-28(26,27)4-3-8(11)14-9(5-21)12(22)1-2-13(14)24-15/h1-2,5-6,21H,3-4,7,22H2,(H,23,25). The van der Waals surface area contributed by atoms with Crippen LogP contribution in [0.25, 0.3) is 22.2 Å². The molecule has 0 aliphatic carbocycles. The highest BCUT2D eigenvalue weighted by atomic mass is 32.2. The monoisotopic (exact) mass is 409 g/mol. The first-order valence-corrected chi connectivity index (χ1v) is 10.0. The maximum Gasteiger partial charge on any atom is 0.433 e. The molecule has 1 aliphatic rings. The van der Waals surface area contributed by atoms with Gasteiger partial charge in [-0.15, -0.1) is 0 Å². The van der Waals surface area contributed by atoms with Gasteiger partial charge in [0.25, 0.3) is 0 Å². The molecule has 4 N–H and O–H groups in total. The van der Waals surface area contributed by atoms with Gasteiger partial charge < -0.3 is 11.1 Å². The third-order valence-electron chi connectivity index (χ3n) is 4.79. The Morgan fingerprint density at radius 1 is 1.25 bits per heavy atom. The smallest absolute Gasteiger partial charge is 0.398 e. The van der Waals surface area contributed by atoms with E-state index in [1.54, 1.807) is 6.07 Å². The van der Waals surface area contributed by atoms with Gasteiger partial charge in [-0.1, -0.05) is 0 Å². The zero-order valence-electron chi connectivity index (χ0n) is 14.3. The Bertz CT molecular complexity index is 1230. The van der Waals surface area contributed by atoms with Gasteiger partial charge in [0.15, 0.2) is 9.84 Å². The van der Waals surface area contributed by atoms with Gasteiger partial charge in [-0.05, 0) is 29.7 Å². The van der Waals surface area contributed by atoms with Crippen LogP contribution in [0.3, 0.4) is 0 Å². The fourth-order valence-corrected chi connectivity index (χ4v) is 4.97. The number of H-pyrrole nitrogens is 1. The molecule has 0 unspecified atom stereocenters. The van der Waals surface area contributed by atoms with Crippen LogP contribution in [0.5, 0.6) is 0 Å². The van der Waals surface area contributed by atoms with Crippen molar-refractivity contribution in [2.45, 2.75) is 18.3 Å². The second kappa shape index (κ2) is 6.03. The number of nitrogen functional groups attached to an aromatic ring is 1. The summed E-state index contributed by atoms with van der Waals surface area (Å²) in [5.74, 6) is -0.572. The summed E-state index contributed by atoms with van der Waals surface area (Å²) < 4.78 is 64.6. The van der Waals surface area contributed by atoms with Crippen LogP contribution in [-0.2, 0) is 28.2 Å². The van der Waals surface area contributed by atoms with E-state index in [9.17, 15) is 21.6 Å². The number of nitrogens with one attached hydrogen (secondary N) is 2. The second-order valence-corrected chi connectivity index (χ2v) is 8.71. The molecule has 1 aromatic carbocycles. The van der Waals surface area contributed by atoms with Gasteiger partial charge >= 0.3 is 6.18 Å². The van der Waals surface area contributed by atoms with Gasteiger partial charge in [0, 0.05) is 22.9 Å². The van der Waals surface area contributed by atoms with Gasteiger partial charge in [0.1, 0.15) is 5.69 Å². The molecule has 0 saturated carbocycles. The van der Waals surface area contributed by atoms with Crippen molar-refractivity contribution in [1.29, 1.82) is 5.41 Å². The fourth-order valence-electron chi connectivity index (χ4n) is 3.56. The molecule has 0 amide bonds. The number of aromatic nitrogens is 3. The van der Waals surface area contributed by atoms with E-state index in [-0.39, 0.29) is 29.0 Å². The molecule has 2 aromatic heterocycles. The number of nitrogens with two attached hydrogens (primary N) is 1. The van der Waals surface area contributed by atoms with Crippen LogP contribution >= 0.6 is 0 Å². The highest BCUT2D eigenvalue weighted by molar-refractivity contribution is 7.90. The Morgan fingerprint density at radius 3 is 2.68 bits per heavy atom. The quantitative estimate of drug-likeness (QED) is 0.443. The van der Waals surface area contributed by atoms with E-state index >= 15 is 0 Å². The molecule has 0 radical (unpaired) electrons. The summed E-state index contributed by atoms with van der Waals surface area (Å²) in [7, 11) is -3.50. The highest BCUT2D eigenvalue weighted by Crippen LogP contribution is 2.41. The number of rotatable bonds is 2. The van der Waals surface area contributed by atoms with Crippen molar-refractivity contribution >= 4 is 32.6 Å². The van der Waals surface area contributed by atoms with Crippen molar-refractivity contribution in [2.75, 3.05) is 11.5 Å². The number of nitrogens with zero attached hydrogens (tertiary/aromatic N) is 2. The van der Waals surface area contributed by atoms with E-state index in [0.29, 0.717) is 27.7 Å². The van der Waals surface area contributed by atoms with Gasteiger partial charge in [0.05, 0.1) is 34.5 Å². The molecule has 0 atom stereocenters. The normalized spacial score (nSPS) is 16.1. The molecule has 0 spiro atoms. The summed E-state index contributed by atoms with van der Waals surface area (Å²) in [5.41, 5.74) is 6.23. The third-order valence-corrected chi connectivity index (χ3v) is 6.35. The number of aryl methyl sites for hydroxylation is 1. The van der Waals surface area contributed by atoms with Crippen molar-refractivity contribution in [3.05, 3.63) is 40.7 Å². The van der Waals surface area contributed by atoms with Crippen LogP contribution < -0.4 is 5.73 Å². The minimum atomic E-state index is -4.70. The Labute approximate surface area is 157 Å². The van der Waals surface area contributed by atoms with Gasteiger partial charge in [-0.2, -0.15) is 18.3 Å². The number of halogens is 3. The lowest BCUT2D eigenvalue weighted by Crippen LogP contribution is -2.21. The Kier molecular flexibility index (Phi) is 3.96. The predicted octanol–water partition coefficient (Wildman–Crippen LogP) is 2.69. The summed E-state index contributed by atoms with van der Waals surface area (Å²) in [5, 5.41) is 13.6. The number of pyridine rings is 1. The van der Waals surface area contributed by atoms with E-state index in [4.69, 9.17) is 11.1 Å². The van der Waals surface area contributed by atoms with Crippen molar-refractivity contribution in [3.63, 3.8) is 0 Å². The van der Waals surface area contributed by atoms with Crippen LogP contribution in [0.1, 0.15) is 22.4 Å². The zero-order valence-corrected chi connectivity index (χ0v) is 15.1. The first kappa shape index (κ1) is 18.4. The summed E-state index contributed by atoms with van der Waals surface area (Å²) in [4.78, 5) is 4.34. The lowest BCUT2D eigenvalue weighted by Gasteiger charge is -2.23. The first-order chi connectivity index (χ1) is 13.1. The van der Waals surface area contributed by atoms with Crippen molar-refractivity contribution < 1.29 is 21.6 Å². The van der Waals surface area contributed by atoms with Crippen molar-refractivity contribution in [2.24, 2.45) is 0 Å². The maximum atomic E-state index is 13.4. The number of anilines is 1. The lowest BCUT2D eigenvalue weighted by molar-refractivity contribution is -0.140. The van der Waals surface area contributed by atoms with E-state index in [0.717, 1.165) is 12.4 Å². The van der Waals surface area contributed by atoms with Crippen LogP contribution in [0.2, 0.25) is 0 Å². The van der Waals surface area contributed by atoms with Gasteiger partial charge in [-0.25, -0.2) is 13.4 Å². The number of hydrogen-bond acceptors (Lipinski definition) is 6. The van der Waals surface area contributed by atoms with Gasteiger partial charge in [0.2, 0.25) is 0 Å². The average molecular weight is 409 g/mol. The first-order valence-electron chi connectivity index (χ1n) is 8.18. The maximum absolute atomic E-state index is 13.4. The minimum absolute atomic E-state index is 0.0763. The average Bonchev–Trinajstić information content (AvgIpc) is 3.10. The molecule has 11 heteroatoms.